The monoisotopic (exact) mass is 359 g/mol. The molecule has 2 heterocycles. The van der Waals surface area contributed by atoms with E-state index in [0.717, 1.165) is 28.9 Å². The van der Waals surface area contributed by atoms with Gasteiger partial charge in [-0.15, -0.1) is 0 Å². The Labute approximate surface area is 157 Å². The lowest BCUT2D eigenvalue weighted by atomic mass is 9.98. The summed E-state index contributed by atoms with van der Waals surface area (Å²) in [7, 11) is 0. The van der Waals surface area contributed by atoms with Gasteiger partial charge >= 0.3 is 0 Å². The summed E-state index contributed by atoms with van der Waals surface area (Å²) >= 11 is 0. The molecule has 0 aromatic heterocycles. The smallest absolute Gasteiger partial charge is 0.274 e. The third kappa shape index (κ3) is 3.62. The molecule has 5 nitrogen and oxygen atoms in total. The summed E-state index contributed by atoms with van der Waals surface area (Å²) in [5.41, 5.74) is 4.09. The summed E-state index contributed by atoms with van der Waals surface area (Å²) < 4.78 is 1.62. The molecule has 0 saturated carbocycles. The molecule has 2 N–H and O–H groups in total. The van der Waals surface area contributed by atoms with Crippen LogP contribution in [0.15, 0.2) is 71.8 Å². The SMILES string of the molecule is CC(Cc1ccc(O)cc1)c1cn2c(=O)cnc-2c(Cc2ccccc2)[nH]1. The fourth-order valence-electron chi connectivity index (χ4n) is 3.36. The largest absolute Gasteiger partial charge is 0.508 e. The number of phenols is 1. The van der Waals surface area contributed by atoms with Gasteiger partial charge in [-0.3, -0.25) is 9.36 Å². The van der Waals surface area contributed by atoms with E-state index in [4.69, 9.17) is 0 Å². The first kappa shape index (κ1) is 17.1. The van der Waals surface area contributed by atoms with Gasteiger partial charge in [-0.25, -0.2) is 4.98 Å². The van der Waals surface area contributed by atoms with Gasteiger partial charge in [-0.05, 0) is 29.7 Å². The van der Waals surface area contributed by atoms with E-state index in [1.54, 1.807) is 16.7 Å². The van der Waals surface area contributed by atoms with Crippen molar-refractivity contribution in [2.45, 2.75) is 25.7 Å². The average molecular weight is 359 g/mol. The summed E-state index contributed by atoms with van der Waals surface area (Å²) in [5, 5.41) is 9.46. The van der Waals surface area contributed by atoms with Crippen molar-refractivity contribution in [3.63, 3.8) is 0 Å². The standard InChI is InChI=1S/C22H21N3O2/c1-15(11-17-7-9-18(26)10-8-17)20-14-25-21(27)13-23-22(25)19(24-20)12-16-5-3-2-4-6-16/h2-10,13-15,24,26H,11-12H2,1H3. The predicted octanol–water partition coefficient (Wildman–Crippen LogP) is 3.64. The molecule has 5 heteroatoms. The Morgan fingerprint density at radius 2 is 1.81 bits per heavy atom. The Morgan fingerprint density at radius 1 is 1.07 bits per heavy atom. The van der Waals surface area contributed by atoms with Crippen LogP contribution in [0, 0.1) is 0 Å². The Hall–Kier alpha value is -3.34. The molecule has 0 radical (unpaired) electrons. The van der Waals surface area contributed by atoms with Gasteiger partial charge < -0.3 is 10.1 Å². The van der Waals surface area contributed by atoms with E-state index in [1.165, 1.54) is 6.20 Å². The lowest BCUT2D eigenvalue weighted by Gasteiger charge is -2.18. The quantitative estimate of drug-likeness (QED) is 0.571. The number of aromatic hydroxyl groups is 1. The number of aromatic amines is 1. The molecular weight excluding hydrogens is 338 g/mol. The lowest BCUT2D eigenvalue weighted by Crippen LogP contribution is -2.17. The van der Waals surface area contributed by atoms with E-state index in [9.17, 15) is 9.90 Å². The third-order valence-electron chi connectivity index (χ3n) is 4.83. The molecule has 2 aliphatic heterocycles. The van der Waals surface area contributed by atoms with E-state index in [0.29, 0.717) is 12.2 Å². The molecule has 4 rings (SSSR count). The molecule has 2 aromatic carbocycles. The number of fused-ring (bicyclic) bond motifs is 1. The maximum absolute atomic E-state index is 12.2. The van der Waals surface area contributed by atoms with Crippen LogP contribution in [0.25, 0.3) is 5.82 Å². The Kier molecular flexibility index (Phi) is 4.50. The van der Waals surface area contributed by atoms with E-state index in [-0.39, 0.29) is 17.2 Å². The maximum Gasteiger partial charge on any atom is 0.274 e. The Morgan fingerprint density at radius 3 is 2.56 bits per heavy atom. The summed E-state index contributed by atoms with van der Waals surface area (Å²) in [6.45, 7) is 2.12. The number of aromatic nitrogens is 3. The van der Waals surface area contributed by atoms with Crippen molar-refractivity contribution in [2.75, 3.05) is 0 Å². The van der Waals surface area contributed by atoms with Crippen molar-refractivity contribution >= 4 is 0 Å². The van der Waals surface area contributed by atoms with Gasteiger partial charge in [-0.1, -0.05) is 49.4 Å². The molecule has 1 unspecified atom stereocenters. The Balaban J connectivity index is 1.69. The van der Waals surface area contributed by atoms with Crippen molar-refractivity contribution in [3.8, 4) is 11.6 Å². The number of H-pyrrole nitrogens is 1. The number of nitrogens with zero attached hydrogens (tertiary/aromatic N) is 2. The third-order valence-corrected chi connectivity index (χ3v) is 4.83. The maximum atomic E-state index is 12.2. The number of nitrogens with one attached hydrogen (secondary N) is 1. The second-order valence-electron chi connectivity index (χ2n) is 6.91. The van der Waals surface area contributed by atoms with Gasteiger partial charge in [0.15, 0.2) is 5.82 Å². The minimum atomic E-state index is -0.119. The molecule has 0 fully saturated rings. The molecule has 0 saturated heterocycles. The average Bonchev–Trinajstić information content (AvgIpc) is 3.06. The molecule has 2 aromatic rings. The van der Waals surface area contributed by atoms with Crippen LogP contribution in [0.2, 0.25) is 0 Å². The highest BCUT2D eigenvalue weighted by Gasteiger charge is 2.17. The van der Waals surface area contributed by atoms with Gasteiger partial charge in [0.1, 0.15) is 5.75 Å². The van der Waals surface area contributed by atoms with Crippen molar-refractivity contribution in [1.82, 2.24) is 14.5 Å². The van der Waals surface area contributed by atoms with Gasteiger partial charge in [0.25, 0.3) is 5.56 Å². The first-order chi connectivity index (χ1) is 13.1. The van der Waals surface area contributed by atoms with Crippen LogP contribution < -0.4 is 5.56 Å². The summed E-state index contributed by atoms with van der Waals surface area (Å²) in [5.74, 6) is 1.11. The minimum Gasteiger partial charge on any atom is -0.508 e. The second-order valence-corrected chi connectivity index (χ2v) is 6.91. The molecular formula is C22H21N3O2. The molecule has 136 valence electrons. The fraction of sp³-hybridized carbons (Fsp3) is 0.182. The highest BCUT2D eigenvalue weighted by molar-refractivity contribution is 5.37. The normalized spacial score (nSPS) is 12.3. The summed E-state index contributed by atoms with van der Waals surface area (Å²) in [6.07, 6.45) is 4.70. The first-order valence-electron chi connectivity index (χ1n) is 9.01. The molecule has 0 amide bonds. The molecule has 2 aliphatic rings. The zero-order valence-electron chi connectivity index (χ0n) is 15.1. The van der Waals surface area contributed by atoms with Crippen molar-refractivity contribution < 1.29 is 5.11 Å². The number of hydrogen-bond acceptors (Lipinski definition) is 3. The number of benzene rings is 2. The fourth-order valence-corrected chi connectivity index (χ4v) is 3.36. The highest BCUT2D eigenvalue weighted by Crippen LogP contribution is 2.23. The van der Waals surface area contributed by atoms with Gasteiger partial charge in [0.2, 0.25) is 0 Å². The van der Waals surface area contributed by atoms with Crippen molar-refractivity contribution in [2.24, 2.45) is 0 Å². The van der Waals surface area contributed by atoms with E-state index >= 15 is 0 Å². The number of phenolic OH excluding ortho intramolecular Hbond substituents is 1. The highest BCUT2D eigenvalue weighted by atomic mass is 16.3. The van der Waals surface area contributed by atoms with Gasteiger partial charge in [0.05, 0.1) is 11.9 Å². The lowest BCUT2D eigenvalue weighted by molar-refractivity contribution is 0.475. The van der Waals surface area contributed by atoms with Crippen LogP contribution in [0.4, 0.5) is 0 Å². The van der Waals surface area contributed by atoms with Crippen LogP contribution in [0.5, 0.6) is 5.75 Å². The number of imidazole rings is 1. The molecule has 0 bridgehead atoms. The molecule has 27 heavy (non-hydrogen) atoms. The molecule has 0 spiro atoms. The van der Waals surface area contributed by atoms with Crippen LogP contribution in [-0.2, 0) is 12.8 Å². The zero-order chi connectivity index (χ0) is 18.8. The van der Waals surface area contributed by atoms with Crippen LogP contribution in [0.3, 0.4) is 0 Å². The second kappa shape index (κ2) is 7.11. The van der Waals surface area contributed by atoms with Gasteiger partial charge in [0, 0.05) is 24.2 Å². The van der Waals surface area contributed by atoms with E-state index in [1.807, 2.05) is 36.5 Å². The van der Waals surface area contributed by atoms with E-state index in [2.05, 4.69) is 29.0 Å². The van der Waals surface area contributed by atoms with Crippen molar-refractivity contribution in [1.29, 1.82) is 0 Å². The molecule has 1 atom stereocenters. The predicted molar refractivity (Wildman–Crippen MR) is 105 cm³/mol. The van der Waals surface area contributed by atoms with Gasteiger partial charge in [-0.2, -0.15) is 0 Å². The summed E-state index contributed by atoms with van der Waals surface area (Å²) in [4.78, 5) is 20.0. The number of rotatable bonds is 5. The topological polar surface area (TPSA) is 70.9 Å². The first-order valence-corrected chi connectivity index (χ1v) is 9.01. The molecule has 0 aliphatic carbocycles. The van der Waals surface area contributed by atoms with E-state index < -0.39 is 0 Å². The van der Waals surface area contributed by atoms with Crippen molar-refractivity contribution in [3.05, 3.63) is 99.9 Å². The number of hydrogen-bond donors (Lipinski definition) is 2. The minimum absolute atomic E-state index is 0.119. The summed E-state index contributed by atoms with van der Waals surface area (Å²) in [6, 6.07) is 17.4. The van der Waals surface area contributed by atoms with Crippen LogP contribution in [-0.4, -0.2) is 19.6 Å². The van der Waals surface area contributed by atoms with Crippen LogP contribution >= 0.6 is 0 Å². The zero-order valence-corrected chi connectivity index (χ0v) is 15.1. The van der Waals surface area contributed by atoms with Crippen LogP contribution in [0.1, 0.15) is 35.4 Å². The Bertz CT molecular complexity index is 1060.